The van der Waals surface area contributed by atoms with E-state index in [1.807, 2.05) is 19.1 Å². The number of nitrogens with zero attached hydrogens (tertiary/aromatic N) is 2. The van der Waals surface area contributed by atoms with Crippen molar-refractivity contribution in [1.82, 2.24) is 4.57 Å². The summed E-state index contributed by atoms with van der Waals surface area (Å²) in [7, 11) is -0.912. The van der Waals surface area contributed by atoms with Gasteiger partial charge in [0.2, 0.25) is 27.7 Å². The minimum Gasteiger partial charge on any atom is -0.493 e. The van der Waals surface area contributed by atoms with E-state index in [1.54, 1.807) is 30.3 Å². The molecule has 2 unspecified atom stereocenters. The maximum atomic E-state index is 14.1. The first-order valence-corrected chi connectivity index (χ1v) is 17.1. The molecule has 3 amide bonds. The molecule has 0 saturated carbocycles. The molecule has 3 atom stereocenters. The largest absolute Gasteiger partial charge is 0.493 e. The summed E-state index contributed by atoms with van der Waals surface area (Å²) >= 11 is 2.02. The highest BCUT2D eigenvalue weighted by atomic mass is 32.2. The van der Waals surface area contributed by atoms with E-state index in [2.05, 4.69) is 5.32 Å². The van der Waals surface area contributed by atoms with E-state index in [4.69, 9.17) is 14.6 Å². The number of nitrogens with two attached hydrogens (primary N) is 1. The molecule has 12 nitrogen and oxygen atoms in total. The number of amides is 3. The van der Waals surface area contributed by atoms with E-state index in [9.17, 15) is 27.6 Å². The van der Waals surface area contributed by atoms with Crippen LogP contribution in [-0.2, 0) is 31.0 Å². The normalized spacial score (nSPS) is 19.0. The summed E-state index contributed by atoms with van der Waals surface area (Å²) in [5.74, 6) is -1.98. The molecule has 1 aromatic heterocycles. The van der Waals surface area contributed by atoms with Crippen LogP contribution in [0.4, 0.5) is 11.4 Å². The smallest absolute Gasteiger partial charge is 0.308 e. The zero-order valence-electron chi connectivity index (χ0n) is 24.8. The summed E-state index contributed by atoms with van der Waals surface area (Å²) < 4.78 is 35.4. The fourth-order valence-electron chi connectivity index (χ4n) is 5.68. The molecule has 0 bridgehead atoms. The Labute approximate surface area is 272 Å². The number of nitrogens with one attached hydrogen (secondary N) is 1. The van der Waals surface area contributed by atoms with Gasteiger partial charge in [-0.2, -0.15) is 0 Å². The third kappa shape index (κ3) is 5.59. The summed E-state index contributed by atoms with van der Waals surface area (Å²) in [4.78, 5) is 55.8. The average Bonchev–Trinajstić information content (AvgIpc) is 3.47. The summed E-state index contributed by atoms with van der Waals surface area (Å²) in [6.45, 7) is 1.53. The highest BCUT2D eigenvalue weighted by Gasteiger charge is 2.57. The highest BCUT2D eigenvalue weighted by molar-refractivity contribution is 8.00. The van der Waals surface area contributed by atoms with Gasteiger partial charge in [-0.3, -0.25) is 23.7 Å². The lowest BCUT2D eigenvalue weighted by Crippen LogP contribution is -2.33. The molecule has 3 N–H and O–H groups in total. The minimum atomic E-state index is -3.91. The number of imide groups is 1. The van der Waals surface area contributed by atoms with Gasteiger partial charge in [-0.15, -0.1) is 0 Å². The SMILES string of the molecule is COc1ccc([C@@H]2c3sc(=O)n(CC(=O)Nc4ccc(S(N)(=O)=O)cc4)c3SC3C(=O)N(c4ccc(C)cc4)C(=O)C32)cc1OC. The Balaban J connectivity index is 1.40. The van der Waals surface area contributed by atoms with Crippen molar-refractivity contribution < 1.29 is 32.3 Å². The number of rotatable bonds is 8. The van der Waals surface area contributed by atoms with Gasteiger partial charge in [0.1, 0.15) is 11.8 Å². The standard InChI is InChI=1S/C31H28N4O8S3/c1-16-4-9-19(10-5-16)35-28(37)25-24(17-6-13-21(42-2)22(14-17)43-3)27-30(44-26(25)29(35)38)34(31(39)45-27)15-23(36)33-18-7-11-20(12-8-18)46(32,40)41/h4-14,24-26H,15H2,1-3H3,(H,33,36)(H2,32,40,41)/t24-,25?,26?/m0/s1. The Morgan fingerprint density at radius 1 is 0.935 bits per heavy atom. The molecule has 2 aliphatic heterocycles. The summed E-state index contributed by atoms with van der Waals surface area (Å²) in [6, 6.07) is 17.6. The molecule has 0 aliphatic carbocycles. The number of anilines is 2. The van der Waals surface area contributed by atoms with E-state index < -0.39 is 43.8 Å². The van der Waals surface area contributed by atoms with Gasteiger partial charge in [0.05, 0.1) is 35.7 Å². The molecular weight excluding hydrogens is 653 g/mol. The number of hydrogen-bond donors (Lipinski definition) is 2. The zero-order chi connectivity index (χ0) is 32.9. The number of thioether (sulfide) groups is 1. The summed E-state index contributed by atoms with van der Waals surface area (Å²) in [6.07, 6.45) is 0. The number of primary sulfonamides is 1. The van der Waals surface area contributed by atoms with Crippen molar-refractivity contribution in [3.63, 3.8) is 0 Å². The monoisotopic (exact) mass is 680 g/mol. The number of thiazole rings is 1. The van der Waals surface area contributed by atoms with Gasteiger partial charge >= 0.3 is 4.87 Å². The van der Waals surface area contributed by atoms with Crippen LogP contribution >= 0.6 is 23.1 Å². The molecule has 3 heterocycles. The predicted octanol–water partition coefficient (Wildman–Crippen LogP) is 3.32. The number of hydrogen-bond acceptors (Lipinski definition) is 10. The summed E-state index contributed by atoms with van der Waals surface area (Å²) in [5, 5.41) is 7.36. The van der Waals surface area contributed by atoms with Crippen molar-refractivity contribution in [3.8, 4) is 11.5 Å². The fraction of sp³-hybridized carbons (Fsp3) is 0.226. The third-order valence-electron chi connectivity index (χ3n) is 7.88. The maximum absolute atomic E-state index is 14.1. The maximum Gasteiger partial charge on any atom is 0.308 e. The molecule has 46 heavy (non-hydrogen) atoms. The van der Waals surface area contributed by atoms with Crippen molar-refractivity contribution in [1.29, 1.82) is 0 Å². The Bertz CT molecular complexity index is 2040. The van der Waals surface area contributed by atoms with Gasteiger partial charge in [0.25, 0.3) is 0 Å². The topological polar surface area (TPSA) is 167 Å². The molecule has 1 fully saturated rings. The van der Waals surface area contributed by atoms with E-state index in [-0.39, 0.29) is 17.3 Å². The molecular formula is C31H28N4O8S3. The lowest BCUT2D eigenvalue weighted by atomic mass is 9.83. The number of aryl methyl sites for hydroxylation is 1. The van der Waals surface area contributed by atoms with Gasteiger partial charge in [0.15, 0.2) is 11.5 Å². The average molecular weight is 681 g/mol. The molecule has 1 saturated heterocycles. The molecule has 6 rings (SSSR count). The first-order valence-electron chi connectivity index (χ1n) is 13.9. The Morgan fingerprint density at radius 2 is 1.61 bits per heavy atom. The van der Waals surface area contributed by atoms with Crippen molar-refractivity contribution in [3.05, 3.63) is 92.4 Å². The van der Waals surface area contributed by atoms with Gasteiger partial charge in [-0.25, -0.2) is 18.5 Å². The number of benzene rings is 3. The third-order valence-corrected chi connectivity index (χ3v) is 11.4. The summed E-state index contributed by atoms with van der Waals surface area (Å²) in [5.41, 5.74) is 2.38. The van der Waals surface area contributed by atoms with Crippen LogP contribution in [0.15, 0.2) is 81.4 Å². The number of aromatic nitrogens is 1. The van der Waals surface area contributed by atoms with Gasteiger partial charge in [-0.05, 0) is 61.0 Å². The van der Waals surface area contributed by atoms with Crippen LogP contribution in [0.3, 0.4) is 0 Å². The molecule has 15 heteroatoms. The number of ether oxygens (including phenoxy) is 2. The predicted molar refractivity (Wildman–Crippen MR) is 173 cm³/mol. The van der Waals surface area contributed by atoms with Gasteiger partial charge in [0, 0.05) is 16.5 Å². The number of sulfonamides is 1. The Hall–Kier alpha value is -4.44. The van der Waals surface area contributed by atoms with Crippen molar-refractivity contribution >= 4 is 62.2 Å². The second kappa shape index (κ2) is 12.1. The zero-order valence-corrected chi connectivity index (χ0v) is 27.2. The van der Waals surface area contributed by atoms with Crippen LogP contribution in [0.1, 0.15) is 21.9 Å². The second-order valence-corrected chi connectivity index (χ2v) is 14.4. The van der Waals surface area contributed by atoms with Crippen molar-refractivity contribution in [2.45, 2.75) is 34.6 Å². The van der Waals surface area contributed by atoms with Crippen LogP contribution in [-0.4, -0.2) is 50.2 Å². The van der Waals surface area contributed by atoms with E-state index >= 15 is 0 Å². The fourth-order valence-corrected chi connectivity index (χ4v) is 8.97. The van der Waals surface area contributed by atoms with Crippen LogP contribution in [0.2, 0.25) is 0 Å². The van der Waals surface area contributed by atoms with E-state index in [0.717, 1.165) is 28.7 Å². The number of carbonyl (C=O) groups is 3. The second-order valence-electron chi connectivity index (χ2n) is 10.7. The van der Waals surface area contributed by atoms with Crippen LogP contribution in [0, 0.1) is 12.8 Å². The number of methoxy groups -OCH3 is 2. The molecule has 0 spiro atoms. The van der Waals surface area contributed by atoms with Crippen LogP contribution < -0.4 is 29.7 Å². The first kappa shape index (κ1) is 31.5. The molecule has 4 aromatic rings. The Morgan fingerprint density at radius 3 is 2.24 bits per heavy atom. The van der Waals surface area contributed by atoms with Crippen LogP contribution in [0.5, 0.6) is 11.5 Å². The lowest BCUT2D eigenvalue weighted by Gasteiger charge is -2.31. The number of carbonyl (C=O) groups excluding carboxylic acids is 3. The number of fused-ring (bicyclic) bond motifs is 2. The molecule has 238 valence electrons. The van der Waals surface area contributed by atoms with E-state index in [1.165, 1.54) is 48.0 Å². The minimum absolute atomic E-state index is 0.115. The lowest BCUT2D eigenvalue weighted by molar-refractivity contribution is -0.122. The quantitative estimate of drug-likeness (QED) is 0.266. The molecule has 2 aliphatic rings. The molecule has 3 aromatic carbocycles. The van der Waals surface area contributed by atoms with E-state index in [0.29, 0.717) is 38.3 Å². The van der Waals surface area contributed by atoms with Gasteiger partial charge < -0.3 is 14.8 Å². The van der Waals surface area contributed by atoms with Crippen molar-refractivity contribution in [2.75, 3.05) is 24.4 Å². The highest BCUT2D eigenvalue weighted by Crippen LogP contribution is 2.54. The van der Waals surface area contributed by atoms with Gasteiger partial charge in [-0.1, -0.05) is 46.9 Å². The Kier molecular flexibility index (Phi) is 8.27. The first-order chi connectivity index (χ1) is 21.9. The van der Waals surface area contributed by atoms with Crippen LogP contribution in [0.25, 0.3) is 0 Å². The molecule has 0 radical (unpaired) electrons. The van der Waals surface area contributed by atoms with Crippen molar-refractivity contribution in [2.24, 2.45) is 11.1 Å².